The molecular weight excluding hydrogens is 160 g/mol. The first-order valence-corrected chi connectivity index (χ1v) is 3.61. The maximum atomic E-state index is 11.1. The fourth-order valence-corrected chi connectivity index (χ4v) is 1.03. The second-order valence-corrected chi connectivity index (χ2v) is 2.70. The summed E-state index contributed by atoms with van der Waals surface area (Å²) >= 11 is 0. The molecule has 66 valence electrons. The second kappa shape index (κ2) is 2.92. The van der Waals surface area contributed by atoms with Gasteiger partial charge in [0, 0.05) is 27.1 Å². The summed E-state index contributed by atoms with van der Waals surface area (Å²) in [6.45, 7) is 2.00. The van der Waals surface area contributed by atoms with E-state index in [1.807, 2.05) is 0 Å². The standard InChI is InChI=1S/C7H10N2O3/c1-5(10)9-4-3-8(2)6(11)7(9)12/h3-4H2,1-2H3. The Morgan fingerprint density at radius 2 is 1.83 bits per heavy atom. The number of hydrogen-bond donors (Lipinski definition) is 0. The molecule has 12 heavy (non-hydrogen) atoms. The Balaban J connectivity index is 2.79. The molecule has 1 saturated heterocycles. The van der Waals surface area contributed by atoms with Gasteiger partial charge in [-0.1, -0.05) is 0 Å². The van der Waals surface area contributed by atoms with E-state index in [9.17, 15) is 14.4 Å². The molecule has 0 aromatic heterocycles. The van der Waals surface area contributed by atoms with E-state index in [0.29, 0.717) is 13.1 Å². The van der Waals surface area contributed by atoms with Crippen LogP contribution in [0.4, 0.5) is 0 Å². The van der Waals surface area contributed by atoms with Gasteiger partial charge < -0.3 is 4.90 Å². The first-order chi connectivity index (χ1) is 5.54. The topological polar surface area (TPSA) is 57.7 Å². The molecule has 0 unspecified atom stereocenters. The van der Waals surface area contributed by atoms with Crippen LogP contribution in [-0.4, -0.2) is 47.7 Å². The van der Waals surface area contributed by atoms with Gasteiger partial charge in [-0.3, -0.25) is 19.3 Å². The number of nitrogens with zero attached hydrogens (tertiary/aromatic N) is 2. The highest BCUT2D eigenvalue weighted by Gasteiger charge is 2.32. The van der Waals surface area contributed by atoms with Crippen LogP contribution in [0.5, 0.6) is 0 Å². The van der Waals surface area contributed by atoms with Crippen molar-refractivity contribution < 1.29 is 14.4 Å². The fourth-order valence-electron chi connectivity index (χ4n) is 1.03. The summed E-state index contributed by atoms with van der Waals surface area (Å²) < 4.78 is 0. The second-order valence-electron chi connectivity index (χ2n) is 2.70. The average Bonchev–Trinajstić information content (AvgIpc) is 2.00. The van der Waals surface area contributed by atoms with Crippen molar-refractivity contribution >= 4 is 17.7 Å². The molecule has 0 aromatic carbocycles. The quantitative estimate of drug-likeness (QED) is 0.430. The van der Waals surface area contributed by atoms with Gasteiger partial charge in [-0.2, -0.15) is 0 Å². The largest absolute Gasteiger partial charge is 0.336 e. The number of hydrogen-bond acceptors (Lipinski definition) is 3. The Hall–Kier alpha value is -1.39. The van der Waals surface area contributed by atoms with Crippen LogP contribution in [0.2, 0.25) is 0 Å². The molecule has 0 N–H and O–H groups in total. The molecule has 1 aliphatic heterocycles. The lowest BCUT2D eigenvalue weighted by molar-refractivity contribution is -0.159. The summed E-state index contributed by atoms with van der Waals surface area (Å²) in [5.41, 5.74) is 0. The van der Waals surface area contributed by atoms with Crippen LogP contribution in [0, 0.1) is 0 Å². The highest BCUT2D eigenvalue weighted by molar-refractivity contribution is 6.37. The van der Waals surface area contributed by atoms with Gasteiger partial charge in [0.1, 0.15) is 0 Å². The number of imide groups is 1. The molecule has 0 radical (unpaired) electrons. The Kier molecular flexibility index (Phi) is 2.12. The van der Waals surface area contributed by atoms with E-state index in [0.717, 1.165) is 4.90 Å². The zero-order chi connectivity index (χ0) is 9.30. The number of piperazine rings is 1. The average molecular weight is 170 g/mol. The number of rotatable bonds is 0. The normalized spacial score (nSPS) is 18.5. The molecule has 1 fully saturated rings. The Labute approximate surface area is 69.9 Å². The molecule has 0 atom stereocenters. The SMILES string of the molecule is CC(=O)N1CCN(C)C(=O)C1=O. The summed E-state index contributed by atoms with van der Waals surface area (Å²) in [4.78, 5) is 35.2. The van der Waals surface area contributed by atoms with Crippen molar-refractivity contribution in [1.82, 2.24) is 9.80 Å². The highest BCUT2D eigenvalue weighted by atomic mass is 16.2. The van der Waals surface area contributed by atoms with Crippen molar-refractivity contribution in [1.29, 1.82) is 0 Å². The monoisotopic (exact) mass is 170 g/mol. The predicted octanol–water partition coefficient (Wildman–Crippen LogP) is -1.17. The fraction of sp³-hybridized carbons (Fsp3) is 0.571. The van der Waals surface area contributed by atoms with Crippen molar-refractivity contribution in [3.63, 3.8) is 0 Å². The summed E-state index contributed by atoms with van der Waals surface area (Å²) in [5, 5.41) is 0. The Morgan fingerprint density at radius 1 is 1.25 bits per heavy atom. The zero-order valence-corrected chi connectivity index (χ0v) is 7.03. The van der Waals surface area contributed by atoms with E-state index in [4.69, 9.17) is 0 Å². The Bertz CT molecular complexity index is 249. The van der Waals surface area contributed by atoms with Crippen LogP contribution in [0.1, 0.15) is 6.92 Å². The maximum absolute atomic E-state index is 11.1. The van der Waals surface area contributed by atoms with Crippen LogP contribution in [0.25, 0.3) is 0 Å². The van der Waals surface area contributed by atoms with Crippen LogP contribution >= 0.6 is 0 Å². The summed E-state index contributed by atoms with van der Waals surface area (Å²) in [5.74, 6) is -1.71. The number of carbonyl (C=O) groups is 3. The van der Waals surface area contributed by atoms with E-state index < -0.39 is 11.8 Å². The van der Waals surface area contributed by atoms with Gasteiger partial charge in [-0.15, -0.1) is 0 Å². The smallest absolute Gasteiger partial charge is 0.318 e. The van der Waals surface area contributed by atoms with Gasteiger partial charge in [0.25, 0.3) is 0 Å². The minimum atomic E-state index is -0.726. The molecule has 1 rings (SSSR count). The minimum absolute atomic E-state index is 0.302. The lowest BCUT2D eigenvalue weighted by atomic mass is 10.3. The van der Waals surface area contributed by atoms with Gasteiger partial charge in [0.15, 0.2) is 0 Å². The number of likely N-dealkylation sites (N-methyl/N-ethyl adjacent to an activating group) is 1. The Morgan fingerprint density at radius 3 is 2.33 bits per heavy atom. The highest BCUT2D eigenvalue weighted by Crippen LogP contribution is 2.02. The van der Waals surface area contributed by atoms with Crippen molar-refractivity contribution in [2.75, 3.05) is 20.1 Å². The van der Waals surface area contributed by atoms with Crippen LogP contribution < -0.4 is 0 Å². The maximum Gasteiger partial charge on any atom is 0.318 e. The zero-order valence-electron chi connectivity index (χ0n) is 7.03. The van der Waals surface area contributed by atoms with Gasteiger partial charge in [-0.25, -0.2) is 0 Å². The molecule has 3 amide bonds. The van der Waals surface area contributed by atoms with Gasteiger partial charge in [0.05, 0.1) is 0 Å². The lowest BCUT2D eigenvalue weighted by Gasteiger charge is -2.29. The van der Waals surface area contributed by atoms with Gasteiger partial charge in [-0.05, 0) is 0 Å². The molecule has 0 spiro atoms. The molecule has 1 heterocycles. The predicted molar refractivity (Wildman–Crippen MR) is 40.0 cm³/mol. The van der Waals surface area contributed by atoms with Crippen LogP contribution in [0.15, 0.2) is 0 Å². The first-order valence-electron chi connectivity index (χ1n) is 3.61. The van der Waals surface area contributed by atoms with Crippen molar-refractivity contribution in [3.05, 3.63) is 0 Å². The first kappa shape index (κ1) is 8.70. The molecule has 0 bridgehead atoms. The molecule has 5 heteroatoms. The van der Waals surface area contributed by atoms with E-state index in [1.54, 1.807) is 0 Å². The van der Waals surface area contributed by atoms with Crippen LogP contribution in [0.3, 0.4) is 0 Å². The summed E-state index contributed by atoms with van der Waals surface area (Å²) in [7, 11) is 1.54. The third kappa shape index (κ3) is 1.30. The van der Waals surface area contributed by atoms with Gasteiger partial charge in [0.2, 0.25) is 5.91 Å². The van der Waals surface area contributed by atoms with E-state index in [-0.39, 0.29) is 5.91 Å². The minimum Gasteiger partial charge on any atom is -0.336 e. The summed E-state index contributed by atoms with van der Waals surface area (Å²) in [6, 6.07) is 0. The van der Waals surface area contributed by atoms with Gasteiger partial charge >= 0.3 is 11.8 Å². The van der Waals surface area contributed by atoms with E-state index >= 15 is 0 Å². The number of carbonyl (C=O) groups excluding carboxylic acids is 3. The van der Waals surface area contributed by atoms with Crippen LogP contribution in [-0.2, 0) is 14.4 Å². The third-order valence-electron chi connectivity index (χ3n) is 1.81. The summed E-state index contributed by atoms with van der Waals surface area (Å²) in [6.07, 6.45) is 0. The molecule has 5 nitrogen and oxygen atoms in total. The third-order valence-corrected chi connectivity index (χ3v) is 1.81. The van der Waals surface area contributed by atoms with Crippen molar-refractivity contribution in [2.45, 2.75) is 6.92 Å². The molecular formula is C7H10N2O3. The van der Waals surface area contributed by atoms with E-state index in [1.165, 1.54) is 18.9 Å². The molecule has 0 aliphatic carbocycles. The van der Waals surface area contributed by atoms with E-state index in [2.05, 4.69) is 0 Å². The number of amides is 3. The van der Waals surface area contributed by atoms with Crippen molar-refractivity contribution in [2.24, 2.45) is 0 Å². The molecule has 0 aromatic rings. The lowest BCUT2D eigenvalue weighted by Crippen LogP contribution is -2.54. The molecule has 0 saturated carbocycles. The molecule has 1 aliphatic rings. The van der Waals surface area contributed by atoms with Crippen molar-refractivity contribution in [3.8, 4) is 0 Å².